The van der Waals surface area contributed by atoms with E-state index in [0.717, 1.165) is 0 Å². The second-order valence-electron chi connectivity index (χ2n) is 4.08. The Morgan fingerprint density at radius 2 is 2.08 bits per heavy atom. The van der Waals surface area contributed by atoms with Crippen LogP contribution in [0.4, 0.5) is 0 Å². The van der Waals surface area contributed by atoms with Crippen LogP contribution in [-0.4, -0.2) is 19.0 Å². The largest absolute Gasteiger partial charge is 0.369 e. The van der Waals surface area contributed by atoms with Crippen LogP contribution in [0.25, 0.3) is 0 Å². The zero-order valence-corrected chi connectivity index (χ0v) is 7.42. The van der Waals surface area contributed by atoms with Gasteiger partial charge in [0.05, 0.1) is 5.92 Å². The van der Waals surface area contributed by atoms with Crippen LogP contribution in [0.1, 0.15) is 19.3 Å². The van der Waals surface area contributed by atoms with Crippen molar-refractivity contribution in [3.05, 3.63) is 0 Å². The number of hydrogen-bond acceptors (Lipinski definition) is 2. The Morgan fingerprint density at radius 1 is 1.42 bits per heavy atom. The first-order chi connectivity index (χ1) is 5.74. The van der Waals surface area contributed by atoms with Crippen LogP contribution < -0.4 is 11.1 Å². The zero-order valence-electron chi connectivity index (χ0n) is 7.42. The highest BCUT2D eigenvalue weighted by molar-refractivity contribution is 5.78. The second-order valence-corrected chi connectivity index (χ2v) is 4.08. The molecule has 2 saturated carbocycles. The van der Waals surface area contributed by atoms with Gasteiger partial charge in [-0.05, 0) is 38.1 Å². The maximum atomic E-state index is 11.1. The van der Waals surface area contributed by atoms with Gasteiger partial charge in [0.2, 0.25) is 5.91 Å². The molecule has 68 valence electrons. The summed E-state index contributed by atoms with van der Waals surface area (Å²) in [6, 6.07) is 0.362. The first-order valence-electron chi connectivity index (χ1n) is 4.70. The van der Waals surface area contributed by atoms with Crippen molar-refractivity contribution in [2.75, 3.05) is 7.05 Å². The third-order valence-corrected chi connectivity index (χ3v) is 3.58. The molecule has 1 amide bonds. The van der Waals surface area contributed by atoms with Crippen LogP contribution in [-0.2, 0) is 4.79 Å². The van der Waals surface area contributed by atoms with Crippen molar-refractivity contribution < 1.29 is 4.79 Å². The van der Waals surface area contributed by atoms with Gasteiger partial charge in [-0.15, -0.1) is 0 Å². The molecule has 2 fully saturated rings. The van der Waals surface area contributed by atoms with Gasteiger partial charge in [0.25, 0.3) is 0 Å². The van der Waals surface area contributed by atoms with Crippen molar-refractivity contribution in [2.24, 2.45) is 23.5 Å². The third kappa shape index (κ3) is 0.959. The Balaban J connectivity index is 2.16. The monoisotopic (exact) mass is 168 g/mol. The molecule has 2 aliphatic carbocycles. The lowest BCUT2D eigenvalue weighted by Gasteiger charge is -2.28. The van der Waals surface area contributed by atoms with Crippen molar-refractivity contribution >= 4 is 5.91 Å². The van der Waals surface area contributed by atoms with Gasteiger partial charge in [0.1, 0.15) is 0 Å². The summed E-state index contributed by atoms with van der Waals surface area (Å²) in [4.78, 5) is 11.1. The van der Waals surface area contributed by atoms with Crippen molar-refractivity contribution in [3.8, 4) is 0 Å². The van der Waals surface area contributed by atoms with E-state index in [9.17, 15) is 4.79 Å². The minimum Gasteiger partial charge on any atom is -0.369 e. The highest BCUT2D eigenvalue weighted by atomic mass is 16.1. The van der Waals surface area contributed by atoms with E-state index in [0.29, 0.717) is 17.9 Å². The topological polar surface area (TPSA) is 55.1 Å². The highest BCUT2D eigenvalue weighted by Crippen LogP contribution is 2.48. The Bertz CT molecular complexity index is 205. The molecule has 2 aliphatic rings. The second kappa shape index (κ2) is 2.73. The molecular formula is C9H16N2O. The average Bonchev–Trinajstić information content (AvgIpc) is 2.60. The number of carbonyl (C=O) groups is 1. The van der Waals surface area contributed by atoms with Crippen LogP contribution in [0.15, 0.2) is 0 Å². The fourth-order valence-corrected chi connectivity index (χ4v) is 3.12. The molecule has 2 rings (SSSR count). The number of carbonyl (C=O) groups excluding carboxylic acids is 1. The smallest absolute Gasteiger partial charge is 0.222 e. The molecule has 0 aromatic carbocycles. The fraction of sp³-hybridized carbons (Fsp3) is 0.889. The predicted molar refractivity (Wildman–Crippen MR) is 46.4 cm³/mol. The molecule has 2 bridgehead atoms. The summed E-state index contributed by atoms with van der Waals surface area (Å²) in [6.45, 7) is 0. The van der Waals surface area contributed by atoms with E-state index in [4.69, 9.17) is 5.73 Å². The standard InChI is InChI=1S/C9H16N2O/c1-11-8-6-3-2-5(4-6)7(8)9(10)12/h5-8,11H,2-4H2,1H3,(H2,10,12). The Labute approximate surface area is 72.7 Å². The average molecular weight is 168 g/mol. The Kier molecular flexibility index (Phi) is 1.83. The maximum Gasteiger partial charge on any atom is 0.222 e. The number of hydrogen-bond donors (Lipinski definition) is 2. The van der Waals surface area contributed by atoms with E-state index in [1.165, 1.54) is 19.3 Å². The first kappa shape index (κ1) is 8.05. The van der Waals surface area contributed by atoms with E-state index in [-0.39, 0.29) is 11.8 Å². The number of nitrogens with one attached hydrogen (secondary N) is 1. The van der Waals surface area contributed by atoms with E-state index >= 15 is 0 Å². The molecule has 0 heterocycles. The van der Waals surface area contributed by atoms with Crippen molar-refractivity contribution in [2.45, 2.75) is 25.3 Å². The van der Waals surface area contributed by atoms with Crippen LogP contribution in [0.2, 0.25) is 0 Å². The molecule has 0 aliphatic heterocycles. The molecular weight excluding hydrogens is 152 g/mol. The number of fused-ring (bicyclic) bond motifs is 2. The van der Waals surface area contributed by atoms with Crippen LogP contribution in [0, 0.1) is 17.8 Å². The highest BCUT2D eigenvalue weighted by Gasteiger charge is 2.49. The molecule has 0 aromatic rings. The Hall–Kier alpha value is -0.570. The molecule has 4 unspecified atom stereocenters. The van der Waals surface area contributed by atoms with Crippen molar-refractivity contribution in [3.63, 3.8) is 0 Å². The molecule has 0 spiro atoms. The summed E-state index contributed by atoms with van der Waals surface area (Å²) >= 11 is 0. The van der Waals surface area contributed by atoms with Crippen LogP contribution in [0.5, 0.6) is 0 Å². The van der Waals surface area contributed by atoms with Gasteiger partial charge in [0.15, 0.2) is 0 Å². The summed E-state index contributed by atoms with van der Waals surface area (Å²) in [7, 11) is 1.93. The minimum atomic E-state index is -0.110. The zero-order chi connectivity index (χ0) is 8.72. The summed E-state index contributed by atoms with van der Waals surface area (Å²) in [5.74, 6) is 1.28. The first-order valence-corrected chi connectivity index (χ1v) is 4.70. The minimum absolute atomic E-state index is 0.105. The van der Waals surface area contributed by atoms with Gasteiger partial charge in [-0.3, -0.25) is 4.79 Å². The maximum absolute atomic E-state index is 11.1. The Morgan fingerprint density at radius 3 is 2.58 bits per heavy atom. The summed E-state index contributed by atoms with van der Waals surface area (Å²) in [6.07, 6.45) is 3.69. The quantitative estimate of drug-likeness (QED) is 0.614. The van der Waals surface area contributed by atoms with Gasteiger partial charge < -0.3 is 11.1 Å². The van der Waals surface area contributed by atoms with Crippen LogP contribution >= 0.6 is 0 Å². The summed E-state index contributed by atoms with van der Waals surface area (Å²) in [5, 5.41) is 3.23. The van der Waals surface area contributed by atoms with Gasteiger partial charge in [0, 0.05) is 6.04 Å². The lowest BCUT2D eigenvalue weighted by Crippen LogP contribution is -2.44. The third-order valence-electron chi connectivity index (χ3n) is 3.58. The number of rotatable bonds is 2. The number of amides is 1. The van der Waals surface area contributed by atoms with Crippen molar-refractivity contribution in [1.29, 1.82) is 0 Å². The van der Waals surface area contributed by atoms with Gasteiger partial charge in [-0.1, -0.05) is 0 Å². The summed E-state index contributed by atoms with van der Waals surface area (Å²) < 4.78 is 0. The SMILES string of the molecule is CNC1C2CCC(C2)C1C(N)=O. The molecule has 0 aromatic heterocycles. The molecule has 3 N–H and O–H groups in total. The van der Waals surface area contributed by atoms with Gasteiger partial charge in [-0.25, -0.2) is 0 Å². The predicted octanol–water partition coefficient (Wildman–Crippen LogP) is 0.106. The fourth-order valence-electron chi connectivity index (χ4n) is 3.12. The molecule has 0 saturated heterocycles. The molecule has 3 nitrogen and oxygen atoms in total. The molecule has 0 radical (unpaired) electrons. The van der Waals surface area contributed by atoms with E-state index in [1.54, 1.807) is 0 Å². The van der Waals surface area contributed by atoms with Crippen LogP contribution in [0.3, 0.4) is 0 Å². The summed E-state index contributed by atoms with van der Waals surface area (Å²) in [5.41, 5.74) is 5.37. The molecule has 12 heavy (non-hydrogen) atoms. The molecule has 3 heteroatoms. The normalized spacial score (nSPS) is 45.1. The van der Waals surface area contributed by atoms with E-state index in [1.807, 2.05) is 7.05 Å². The molecule has 4 atom stereocenters. The van der Waals surface area contributed by atoms with E-state index < -0.39 is 0 Å². The number of nitrogens with two attached hydrogens (primary N) is 1. The lowest BCUT2D eigenvalue weighted by atomic mass is 9.84. The number of primary amides is 1. The van der Waals surface area contributed by atoms with Gasteiger partial charge in [-0.2, -0.15) is 0 Å². The van der Waals surface area contributed by atoms with Crippen molar-refractivity contribution in [1.82, 2.24) is 5.32 Å². The van der Waals surface area contributed by atoms with Gasteiger partial charge >= 0.3 is 0 Å². The lowest BCUT2D eigenvalue weighted by molar-refractivity contribution is -0.124. The van der Waals surface area contributed by atoms with E-state index in [2.05, 4.69) is 5.32 Å².